The van der Waals surface area contributed by atoms with Gasteiger partial charge in [0.25, 0.3) is 0 Å². The van der Waals surface area contributed by atoms with Crippen LogP contribution in [0.2, 0.25) is 0 Å². The van der Waals surface area contributed by atoms with Crippen molar-refractivity contribution in [1.29, 1.82) is 0 Å². The molecule has 1 saturated carbocycles. The van der Waals surface area contributed by atoms with Crippen molar-refractivity contribution in [2.24, 2.45) is 5.41 Å². The number of carbonyl (C=O) groups is 1. The zero-order valence-corrected chi connectivity index (χ0v) is 10.5. The first-order chi connectivity index (χ1) is 8.50. The number of aromatic carboxylic acids is 1. The number of halogens is 1. The van der Waals surface area contributed by atoms with Crippen LogP contribution in [-0.2, 0) is 6.54 Å². The number of carboxylic acid groups (broad SMARTS) is 1. The summed E-state index contributed by atoms with van der Waals surface area (Å²) in [6.45, 7) is 3.75. The molecule has 2 rings (SSSR count). The second kappa shape index (κ2) is 5.06. The third-order valence-corrected chi connectivity index (χ3v) is 3.71. The molecule has 0 heterocycles. The van der Waals surface area contributed by atoms with Crippen molar-refractivity contribution in [2.45, 2.75) is 32.7 Å². The molecule has 18 heavy (non-hydrogen) atoms. The first-order valence-electron chi connectivity index (χ1n) is 6.23. The van der Waals surface area contributed by atoms with Gasteiger partial charge in [0.05, 0.1) is 5.56 Å². The number of nitrogens with one attached hydrogen (secondary N) is 1. The van der Waals surface area contributed by atoms with Crippen LogP contribution in [0.4, 0.5) is 4.39 Å². The van der Waals surface area contributed by atoms with E-state index in [1.165, 1.54) is 31.4 Å². The largest absolute Gasteiger partial charge is 0.478 e. The minimum Gasteiger partial charge on any atom is -0.478 e. The van der Waals surface area contributed by atoms with Crippen molar-refractivity contribution in [3.05, 3.63) is 35.1 Å². The summed E-state index contributed by atoms with van der Waals surface area (Å²) in [7, 11) is 0. The Hall–Kier alpha value is -1.42. The monoisotopic (exact) mass is 251 g/mol. The highest BCUT2D eigenvalue weighted by Gasteiger charge is 2.30. The van der Waals surface area contributed by atoms with Crippen molar-refractivity contribution in [3.63, 3.8) is 0 Å². The molecule has 0 aromatic heterocycles. The Bertz CT molecular complexity index is 455. The Morgan fingerprint density at radius 3 is 2.72 bits per heavy atom. The quantitative estimate of drug-likeness (QED) is 0.846. The van der Waals surface area contributed by atoms with E-state index in [2.05, 4.69) is 12.2 Å². The van der Waals surface area contributed by atoms with Crippen LogP contribution in [0.15, 0.2) is 18.2 Å². The molecule has 1 aliphatic rings. The van der Waals surface area contributed by atoms with Gasteiger partial charge in [-0.3, -0.25) is 0 Å². The summed E-state index contributed by atoms with van der Waals surface area (Å²) >= 11 is 0. The van der Waals surface area contributed by atoms with E-state index in [1.807, 2.05) is 0 Å². The summed E-state index contributed by atoms with van der Waals surface area (Å²) in [6, 6.07) is 4.27. The Balaban J connectivity index is 1.90. The summed E-state index contributed by atoms with van der Waals surface area (Å²) < 4.78 is 13.4. The number of hydrogen-bond acceptors (Lipinski definition) is 2. The van der Waals surface area contributed by atoms with Gasteiger partial charge in [-0.1, -0.05) is 19.4 Å². The molecule has 0 atom stereocenters. The Labute approximate surface area is 106 Å². The van der Waals surface area contributed by atoms with Crippen LogP contribution in [0.25, 0.3) is 0 Å². The average molecular weight is 251 g/mol. The molecular weight excluding hydrogens is 233 g/mol. The summed E-state index contributed by atoms with van der Waals surface area (Å²) in [4.78, 5) is 10.7. The highest BCUT2D eigenvalue weighted by atomic mass is 19.1. The van der Waals surface area contributed by atoms with E-state index in [0.717, 1.165) is 12.1 Å². The average Bonchev–Trinajstić information content (AvgIpc) is 2.26. The fourth-order valence-electron chi connectivity index (χ4n) is 2.31. The Kier molecular flexibility index (Phi) is 3.66. The van der Waals surface area contributed by atoms with Gasteiger partial charge in [0, 0.05) is 13.1 Å². The molecule has 98 valence electrons. The maximum atomic E-state index is 13.4. The zero-order chi connectivity index (χ0) is 13.2. The Morgan fingerprint density at radius 1 is 1.50 bits per heavy atom. The molecule has 0 amide bonds. The maximum absolute atomic E-state index is 13.4. The lowest BCUT2D eigenvalue weighted by Crippen LogP contribution is -2.36. The maximum Gasteiger partial charge on any atom is 0.338 e. The van der Waals surface area contributed by atoms with Gasteiger partial charge < -0.3 is 10.4 Å². The molecule has 0 saturated heterocycles. The molecule has 1 fully saturated rings. The van der Waals surface area contributed by atoms with Crippen LogP contribution < -0.4 is 5.32 Å². The normalized spacial score (nSPS) is 17.2. The van der Waals surface area contributed by atoms with Crippen molar-refractivity contribution in [1.82, 2.24) is 5.32 Å². The van der Waals surface area contributed by atoms with Gasteiger partial charge in [-0.25, -0.2) is 9.18 Å². The predicted octanol–water partition coefficient (Wildman–Crippen LogP) is 2.80. The zero-order valence-electron chi connectivity index (χ0n) is 10.5. The summed E-state index contributed by atoms with van der Waals surface area (Å²) in [5.41, 5.74) is 0.893. The van der Waals surface area contributed by atoms with Crippen molar-refractivity contribution in [3.8, 4) is 0 Å². The third kappa shape index (κ3) is 2.88. The minimum absolute atomic E-state index is 0.273. The van der Waals surface area contributed by atoms with Crippen LogP contribution in [0.5, 0.6) is 0 Å². The lowest BCUT2D eigenvalue weighted by molar-refractivity contribution is 0.0692. The fraction of sp³-hybridized carbons (Fsp3) is 0.500. The first-order valence-corrected chi connectivity index (χ1v) is 6.23. The highest BCUT2D eigenvalue weighted by molar-refractivity contribution is 5.87. The van der Waals surface area contributed by atoms with Crippen molar-refractivity contribution >= 4 is 5.97 Å². The molecule has 0 bridgehead atoms. The van der Waals surface area contributed by atoms with Gasteiger partial charge in [-0.05, 0) is 36.0 Å². The number of benzene rings is 1. The van der Waals surface area contributed by atoms with Gasteiger partial charge in [-0.2, -0.15) is 0 Å². The summed E-state index contributed by atoms with van der Waals surface area (Å²) in [5.74, 6) is -1.90. The highest BCUT2D eigenvalue weighted by Crippen LogP contribution is 2.39. The lowest BCUT2D eigenvalue weighted by Gasteiger charge is -2.38. The first kappa shape index (κ1) is 13.0. The summed E-state index contributed by atoms with van der Waals surface area (Å²) in [6.07, 6.45) is 3.78. The van der Waals surface area contributed by atoms with E-state index in [9.17, 15) is 9.18 Å². The van der Waals surface area contributed by atoms with Gasteiger partial charge in [0.1, 0.15) is 5.82 Å². The van der Waals surface area contributed by atoms with Crippen LogP contribution >= 0.6 is 0 Å². The number of carboxylic acids is 1. The molecule has 0 spiro atoms. The van der Waals surface area contributed by atoms with Crippen LogP contribution in [0.1, 0.15) is 42.1 Å². The van der Waals surface area contributed by atoms with E-state index in [4.69, 9.17) is 5.11 Å². The second-order valence-electron chi connectivity index (χ2n) is 5.39. The smallest absolute Gasteiger partial charge is 0.338 e. The summed E-state index contributed by atoms with van der Waals surface area (Å²) in [5, 5.41) is 12.0. The van der Waals surface area contributed by atoms with Crippen LogP contribution in [0, 0.1) is 11.2 Å². The van der Waals surface area contributed by atoms with Crippen LogP contribution in [-0.4, -0.2) is 17.6 Å². The van der Waals surface area contributed by atoms with Crippen molar-refractivity contribution < 1.29 is 14.3 Å². The van der Waals surface area contributed by atoms with E-state index >= 15 is 0 Å². The molecule has 3 nitrogen and oxygen atoms in total. The standard InChI is InChI=1S/C14H18FNO2/c1-14(5-2-6-14)9-16-8-10-3-4-11(13(17)18)12(15)7-10/h3-4,7,16H,2,5-6,8-9H2,1H3,(H,17,18). The molecule has 4 heteroatoms. The Morgan fingerprint density at radius 2 is 2.22 bits per heavy atom. The van der Waals surface area contributed by atoms with E-state index < -0.39 is 11.8 Å². The topological polar surface area (TPSA) is 49.3 Å². The number of rotatable bonds is 5. The van der Waals surface area contributed by atoms with Gasteiger partial charge >= 0.3 is 5.97 Å². The molecular formula is C14H18FNO2. The molecule has 0 radical (unpaired) electrons. The molecule has 2 N–H and O–H groups in total. The molecule has 1 aromatic rings. The van der Waals surface area contributed by atoms with E-state index in [1.54, 1.807) is 6.07 Å². The molecule has 1 aliphatic carbocycles. The van der Waals surface area contributed by atoms with Crippen LogP contribution in [0.3, 0.4) is 0 Å². The predicted molar refractivity (Wildman–Crippen MR) is 67.0 cm³/mol. The fourth-order valence-corrected chi connectivity index (χ4v) is 2.31. The van der Waals surface area contributed by atoms with Gasteiger partial charge in [0.15, 0.2) is 0 Å². The SMILES string of the molecule is CC1(CNCc2ccc(C(=O)O)c(F)c2)CCC1. The lowest BCUT2D eigenvalue weighted by atomic mass is 9.70. The molecule has 0 unspecified atom stereocenters. The molecule has 1 aromatic carbocycles. The number of hydrogen-bond donors (Lipinski definition) is 2. The second-order valence-corrected chi connectivity index (χ2v) is 5.39. The van der Waals surface area contributed by atoms with Gasteiger partial charge in [-0.15, -0.1) is 0 Å². The molecule has 0 aliphatic heterocycles. The van der Waals surface area contributed by atoms with E-state index in [0.29, 0.717) is 12.0 Å². The third-order valence-electron chi connectivity index (χ3n) is 3.71. The van der Waals surface area contributed by atoms with Crippen molar-refractivity contribution in [2.75, 3.05) is 6.54 Å². The minimum atomic E-state index is -1.23. The van der Waals surface area contributed by atoms with E-state index in [-0.39, 0.29) is 5.56 Å². The van der Waals surface area contributed by atoms with Gasteiger partial charge in [0.2, 0.25) is 0 Å².